The van der Waals surface area contributed by atoms with Crippen LogP contribution < -0.4 is 0 Å². The van der Waals surface area contributed by atoms with Crippen LogP contribution in [0.5, 0.6) is 0 Å². The topological polar surface area (TPSA) is 38.9 Å². The summed E-state index contributed by atoms with van der Waals surface area (Å²) in [5.74, 6) is 0.657. The normalized spacial score (nSPS) is 11.3. The second-order valence-electron chi connectivity index (χ2n) is 10.7. The molecule has 0 saturated heterocycles. The van der Waals surface area contributed by atoms with Crippen LogP contribution >= 0.6 is 0 Å². The Kier molecular flexibility index (Phi) is 6.12. The van der Waals surface area contributed by atoms with Gasteiger partial charge in [0.05, 0.1) is 11.4 Å². The average Bonchev–Trinajstić information content (AvgIpc) is 3.47. The zero-order chi connectivity index (χ0) is 28.6. The molecule has 0 unspecified atom stereocenters. The van der Waals surface area contributed by atoms with E-state index < -0.39 is 0 Å². The Morgan fingerprint density at radius 3 is 1.49 bits per heavy atom. The maximum Gasteiger partial charge on any atom is 0.160 e. The highest BCUT2D eigenvalue weighted by Crippen LogP contribution is 2.36. The number of furan rings is 1. The predicted molar refractivity (Wildman–Crippen MR) is 176 cm³/mol. The monoisotopic (exact) mass is 550 g/mol. The fraction of sp³-hybridized carbons (Fsp3) is 0. The van der Waals surface area contributed by atoms with Gasteiger partial charge in [-0.1, -0.05) is 115 Å². The number of benzene rings is 6. The van der Waals surface area contributed by atoms with Gasteiger partial charge in [0.1, 0.15) is 11.2 Å². The van der Waals surface area contributed by atoms with Crippen molar-refractivity contribution in [3.8, 4) is 56.2 Å². The first-order valence-corrected chi connectivity index (χ1v) is 14.4. The van der Waals surface area contributed by atoms with Crippen LogP contribution in [-0.4, -0.2) is 9.97 Å². The van der Waals surface area contributed by atoms with Crippen LogP contribution in [0.2, 0.25) is 0 Å². The maximum atomic E-state index is 6.22. The summed E-state index contributed by atoms with van der Waals surface area (Å²) in [4.78, 5) is 10.2. The molecular formula is C40H26N2O. The van der Waals surface area contributed by atoms with Gasteiger partial charge in [-0.3, -0.25) is 0 Å². The van der Waals surface area contributed by atoms with Gasteiger partial charge in [-0.2, -0.15) is 0 Å². The fourth-order valence-corrected chi connectivity index (χ4v) is 5.72. The summed E-state index contributed by atoms with van der Waals surface area (Å²) < 4.78 is 6.22. The minimum absolute atomic E-state index is 0.657. The number of rotatable bonds is 5. The second kappa shape index (κ2) is 10.6. The van der Waals surface area contributed by atoms with E-state index in [1.54, 1.807) is 0 Å². The summed E-state index contributed by atoms with van der Waals surface area (Å²) in [7, 11) is 0. The van der Waals surface area contributed by atoms with Crippen molar-refractivity contribution in [1.82, 2.24) is 9.97 Å². The molecule has 0 amide bonds. The number of fused-ring (bicyclic) bond motifs is 3. The van der Waals surface area contributed by atoms with E-state index >= 15 is 0 Å². The van der Waals surface area contributed by atoms with E-state index in [4.69, 9.17) is 14.4 Å². The zero-order valence-corrected chi connectivity index (χ0v) is 23.3. The number of aromatic nitrogens is 2. The van der Waals surface area contributed by atoms with Gasteiger partial charge in [0.25, 0.3) is 0 Å². The van der Waals surface area contributed by atoms with Crippen molar-refractivity contribution in [1.29, 1.82) is 0 Å². The lowest BCUT2D eigenvalue weighted by Crippen LogP contribution is -1.96. The van der Waals surface area contributed by atoms with Crippen LogP contribution in [0, 0.1) is 0 Å². The number of hydrogen-bond acceptors (Lipinski definition) is 3. The quantitative estimate of drug-likeness (QED) is 0.214. The smallest absolute Gasteiger partial charge is 0.160 e. The van der Waals surface area contributed by atoms with Gasteiger partial charge in [0, 0.05) is 27.5 Å². The van der Waals surface area contributed by atoms with Crippen molar-refractivity contribution < 1.29 is 4.42 Å². The van der Waals surface area contributed by atoms with E-state index in [-0.39, 0.29) is 0 Å². The Morgan fingerprint density at radius 2 is 0.837 bits per heavy atom. The molecule has 0 aliphatic rings. The standard InChI is InChI=1S/C40H26N2O/c1-4-12-27(13-5-1)31-22-32(28-14-6-2-7-15-28)24-33(23-31)37-26-36(29-16-8-3-9-17-29)41-40(42-37)30-20-21-35-34-18-10-11-19-38(34)43-39(35)25-30/h1-26H. The molecular weight excluding hydrogens is 524 g/mol. The maximum absolute atomic E-state index is 6.22. The minimum atomic E-state index is 0.657. The van der Waals surface area contributed by atoms with E-state index in [2.05, 4.69) is 109 Å². The zero-order valence-electron chi connectivity index (χ0n) is 23.3. The molecule has 0 bridgehead atoms. The van der Waals surface area contributed by atoms with E-state index in [1.165, 1.54) is 0 Å². The first kappa shape index (κ1) is 25.0. The molecule has 0 radical (unpaired) electrons. The Hall–Kier alpha value is -5.80. The Labute approximate surface area is 249 Å². The third-order valence-corrected chi connectivity index (χ3v) is 7.88. The van der Waals surface area contributed by atoms with E-state index in [1.807, 2.05) is 48.5 Å². The van der Waals surface area contributed by atoms with Crippen molar-refractivity contribution in [2.45, 2.75) is 0 Å². The van der Waals surface area contributed by atoms with Crippen molar-refractivity contribution in [3.63, 3.8) is 0 Å². The molecule has 8 aromatic rings. The molecule has 0 aliphatic heterocycles. The highest BCUT2D eigenvalue weighted by molar-refractivity contribution is 6.05. The van der Waals surface area contributed by atoms with Gasteiger partial charge in [0.15, 0.2) is 5.82 Å². The van der Waals surface area contributed by atoms with Gasteiger partial charge in [-0.25, -0.2) is 9.97 Å². The predicted octanol–water partition coefficient (Wildman–Crippen LogP) is 10.7. The SMILES string of the molecule is c1ccc(-c2cc(-c3ccccc3)cc(-c3cc(-c4ccccc4)nc(-c4ccc5c(c4)oc4ccccc45)n3)c2)cc1. The average molecular weight is 551 g/mol. The van der Waals surface area contributed by atoms with Crippen LogP contribution in [0.25, 0.3) is 78.1 Å². The molecule has 0 fully saturated rings. The summed E-state index contributed by atoms with van der Waals surface area (Å²) in [5.41, 5.74) is 11.0. The molecule has 0 atom stereocenters. The molecule has 0 spiro atoms. The molecule has 6 aromatic carbocycles. The number of nitrogens with zero attached hydrogens (tertiary/aromatic N) is 2. The van der Waals surface area contributed by atoms with Gasteiger partial charge < -0.3 is 4.42 Å². The van der Waals surface area contributed by atoms with Crippen molar-refractivity contribution in [3.05, 3.63) is 158 Å². The van der Waals surface area contributed by atoms with E-state index in [9.17, 15) is 0 Å². The second-order valence-corrected chi connectivity index (χ2v) is 10.7. The molecule has 8 rings (SSSR count). The van der Waals surface area contributed by atoms with Gasteiger partial charge >= 0.3 is 0 Å². The van der Waals surface area contributed by atoms with Crippen molar-refractivity contribution in [2.75, 3.05) is 0 Å². The minimum Gasteiger partial charge on any atom is -0.456 e. The fourth-order valence-electron chi connectivity index (χ4n) is 5.72. The molecule has 43 heavy (non-hydrogen) atoms. The third kappa shape index (κ3) is 4.77. The molecule has 2 heterocycles. The summed E-state index contributed by atoms with van der Waals surface area (Å²) in [6.07, 6.45) is 0. The van der Waals surface area contributed by atoms with Crippen LogP contribution in [0.15, 0.2) is 162 Å². The molecule has 0 saturated carbocycles. The largest absolute Gasteiger partial charge is 0.456 e. The van der Waals surface area contributed by atoms with Crippen LogP contribution in [-0.2, 0) is 0 Å². The first-order valence-electron chi connectivity index (χ1n) is 14.4. The van der Waals surface area contributed by atoms with E-state index in [0.29, 0.717) is 5.82 Å². The summed E-state index contributed by atoms with van der Waals surface area (Å²) >= 11 is 0. The summed E-state index contributed by atoms with van der Waals surface area (Å²) in [5, 5.41) is 2.19. The van der Waals surface area contributed by atoms with Gasteiger partial charge in [-0.05, 0) is 64.7 Å². The van der Waals surface area contributed by atoms with Crippen LogP contribution in [0.4, 0.5) is 0 Å². The summed E-state index contributed by atoms with van der Waals surface area (Å²) in [6.45, 7) is 0. The van der Waals surface area contributed by atoms with E-state index in [0.717, 1.165) is 72.3 Å². The Morgan fingerprint density at radius 1 is 0.326 bits per heavy atom. The molecule has 0 aliphatic carbocycles. The number of hydrogen-bond donors (Lipinski definition) is 0. The molecule has 3 nitrogen and oxygen atoms in total. The number of para-hydroxylation sites is 1. The van der Waals surface area contributed by atoms with Crippen molar-refractivity contribution in [2.24, 2.45) is 0 Å². The lowest BCUT2D eigenvalue weighted by Gasteiger charge is -2.13. The van der Waals surface area contributed by atoms with Gasteiger partial charge in [0.2, 0.25) is 0 Å². The molecule has 2 aromatic heterocycles. The molecule has 0 N–H and O–H groups in total. The van der Waals surface area contributed by atoms with Crippen molar-refractivity contribution >= 4 is 21.9 Å². The Bertz CT molecular complexity index is 2160. The third-order valence-electron chi connectivity index (χ3n) is 7.88. The highest BCUT2D eigenvalue weighted by atomic mass is 16.3. The van der Waals surface area contributed by atoms with Crippen LogP contribution in [0.3, 0.4) is 0 Å². The van der Waals surface area contributed by atoms with Crippen LogP contribution in [0.1, 0.15) is 0 Å². The molecule has 202 valence electrons. The van der Waals surface area contributed by atoms with Gasteiger partial charge in [-0.15, -0.1) is 0 Å². The lowest BCUT2D eigenvalue weighted by atomic mass is 9.94. The first-order chi connectivity index (χ1) is 21.3. The highest BCUT2D eigenvalue weighted by Gasteiger charge is 2.15. The Balaban J connectivity index is 1.34. The summed E-state index contributed by atoms with van der Waals surface area (Å²) in [6, 6.07) is 54.5. The lowest BCUT2D eigenvalue weighted by molar-refractivity contribution is 0.669. The molecule has 3 heteroatoms.